The van der Waals surface area contributed by atoms with Crippen LogP contribution in [0.4, 0.5) is 0 Å². The van der Waals surface area contributed by atoms with Crippen molar-refractivity contribution in [1.29, 1.82) is 0 Å². The Morgan fingerprint density at radius 2 is 1.90 bits per heavy atom. The molecule has 2 rings (SSSR count). The zero-order chi connectivity index (χ0) is 14.6. The molecule has 0 bridgehead atoms. The largest absolute Gasteiger partial charge is 0.493 e. The minimum absolute atomic E-state index is 0.328. The monoisotopic (exact) mass is 277 g/mol. The predicted molar refractivity (Wildman–Crippen MR) is 82.5 cm³/mol. The minimum atomic E-state index is 0.328. The van der Waals surface area contributed by atoms with Crippen molar-refractivity contribution in [1.82, 2.24) is 0 Å². The molecule has 1 aromatic rings. The van der Waals surface area contributed by atoms with Gasteiger partial charge in [0, 0.05) is 0 Å². The Hall–Kier alpha value is -1.22. The van der Waals surface area contributed by atoms with Crippen LogP contribution >= 0.6 is 0 Å². The van der Waals surface area contributed by atoms with E-state index < -0.39 is 0 Å². The minimum Gasteiger partial charge on any atom is -0.493 e. The van der Waals surface area contributed by atoms with E-state index in [1.54, 1.807) is 14.2 Å². The molecule has 0 amide bonds. The number of benzene rings is 1. The van der Waals surface area contributed by atoms with E-state index in [1.807, 2.05) is 6.07 Å². The highest BCUT2D eigenvalue weighted by atomic mass is 16.5. The summed E-state index contributed by atoms with van der Waals surface area (Å²) < 4.78 is 10.8. The molecular formula is C17H27NO2. The first-order valence-electron chi connectivity index (χ1n) is 7.58. The molecule has 20 heavy (non-hydrogen) atoms. The molecule has 2 N–H and O–H groups in total. The smallest absolute Gasteiger partial charge is 0.161 e. The molecule has 0 saturated heterocycles. The fourth-order valence-corrected chi connectivity index (χ4v) is 3.43. The normalized spacial score (nSPS) is 18.2. The van der Waals surface area contributed by atoms with E-state index in [1.165, 1.54) is 31.2 Å². The number of nitrogens with two attached hydrogens (primary N) is 1. The van der Waals surface area contributed by atoms with Gasteiger partial charge in [0.05, 0.1) is 14.2 Å². The summed E-state index contributed by atoms with van der Waals surface area (Å²) in [6.07, 6.45) is 6.20. The van der Waals surface area contributed by atoms with Crippen molar-refractivity contribution in [2.75, 3.05) is 20.8 Å². The fraction of sp³-hybridized carbons (Fsp3) is 0.647. The predicted octanol–water partition coefficient (Wildman–Crippen LogP) is 3.50. The summed E-state index contributed by atoms with van der Waals surface area (Å²) >= 11 is 0. The van der Waals surface area contributed by atoms with E-state index in [4.69, 9.17) is 15.2 Å². The molecule has 0 radical (unpaired) electrons. The molecule has 0 aliphatic heterocycles. The van der Waals surface area contributed by atoms with Gasteiger partial charge in [0.1, 0.15) is 0 Å². The van der Waals surface area contributed by atoms with Gasteiger partial charge in [-0.15, -0.1) is 0 Å². The van der Waals surface area contributed by atoms with Gasteiger partial charge in [0.15, 0.2) is 11.5 Å². The lowest BCUT2D eigenvalue weighted by molar-refractivity contribution is 0.190. The van der Waals surface area contributed by atoms with E-state index in [0.717, 1.165) is 24.5 Å². The maximum absolute atomic E-state index is 5.69. The molecule has 1 saturated carbocycles. The Kier molecular flexibility index (Phi) is 4.92. The van der Waals surface area contributed by atoms with Crippen LogP contribution in [-0.2, 0) is 5.41 Å². The Balaban J connectivity index is 2.22. The van der Waals surface area contributed by atoms with Crippen molar-refractivity contribution in [3.05, 3.63) is 23.8 Å². The van der Waals surface area contributed by atoms with Gasteiger partial charge >= 0.3 is 0 Å². The number of hydrogen-bond donors (Lipinski definition) is 1. The van der Waals surface area contributed by atoms with Gasteiger partial charge < -0.3 is 15.2 Å². The first-order valence-corrected chi connectivity index (χ1v) is 7.58. The number of hydrogen-bond acceptors (Lipinski definition) is 3. The Bertz CT molecular complexity index is 441. The van der Waals surface area contributed by atoms with Crippen LogP contribution in [0.2, 0.25) is 0 Å². The van der Waals surface area contributed by atoms with Crippen molar-refractivity contribution in [2.24, 2.45) is 11.7 Å². The molecule has 1 aliphatic carbocycles. The highest BCUT2D eigenvalue weighted by Gasteiger charge is 2.39. The van der Waals surface area contributed by atoms with Gasteiger partial charge in [-0.05, 0) is 61.3 Å². The maximum Gasteiger partial charge on any atom is 0.161 e. The first-order chi connectivity index (χ1) is 9.65. The lowest BCUT2D eigenvalue weighted by atomic mass is 9.60. The van der Waals surface area contributed by atoms with E-state index in [2.05, 4.69) is 19.1 Å². The SMILES string of the molecule is COc1ccc(C2(CC(C)CCN)CCC2)cc1OC. The molecule has 1 atom stereocenters. The van der Waals surface area contributed by atoms with Crippen LogP contribution < -0.4 is 15.2 Å². The average molecular weight is 277 g/mol. The molecule has 0 heterocycles. The number of rotatable bonds is 7. The number of methoxy groups -OCH3 is 2. The summed E-state index contributed by atoms with van der Waals surface area (Å²) in [5.41, 5.74) is 7.41. The van der Waals surface area contributed by atoms with Crippen molar-refractivity contribution in [3.8, 4) is 11.5 Å². The summed E-state index contributed by atoms with van der Waals surface area (Å²) in [6.45, 7) is 3.09. The molecule has 3 heteroatoms. The van der Waals surface area contributed by atoms with Crippen LogP contribution in [0.15, 0.2) is 18.2 Å². The topological polar surface area (TPSA) is 44.5 Å². The second-order valence-electron chi connectivity index (χ2n) is 6.09. The van der Waals surface area contributed by atoms with Gasteiger partial charge in [0.2, 0.25) is 0 Å². The Morgan fingerprint density at radius 1 is 1.20 bits per heavy atom. The summed E-state index contributed by atoms with van der Waals surface area (Å²) in [6, 6.07) is 6.39. The third-order valence-corrected chi connectivity index (χ3v) is 4.71. The second kappa shape index (κ2) is 6.49. The third kappa shape index (κ3) is 2.93. The van der Waals surface area contributed by atoms with E-state index in [0.29, 0.717) is 11.3 Å². The van der Waals surface area contributed by atoms with Crippen LogP contribution in [0, 0.1) is 5.92 Å². The third-order valence-electron chi connectivity index (χ3n) is 4.71. The fourth-order valence-electron chi connectivity index (χ4n) is 3.43. The molecule has 112 valence electrons. The van der Waals surface area contributed by atoms with Crippen LogP contribution in [0.5, 0.6) is 11.5 Å². The van der Waals surface area contributed by atoms with Crippen LogP contribution in [0.1, 0.15) is 44.6 Å². The Labute approximate surface area is 122 Å². The van der Waals surface area contributed by atoms with Gasteiger partial charge in [-0.3, -0.25) is 0 Å². The molecular weight excluding hydrogens is 250 g/mol. The van der Waals surface area contributed by atoms with E-state index >= 15 is 0 Å². The van der Waals surface area contributed by atoms with Gasteiger partial charge in [0.25, 0.3) is 0 Å². The molecule has 0 aromatic heterocycles. The quantitative estimate of drug-likeness (QED) is 0.829. The van der Waals surface area contributed by atoms with Crippen molar-refractivity contribution >= 4 is 0 Å². The average Bonchev–Trinajstić information content (AvgIpc) is 2.42. The van der Waals surface area contributed by atoms with E-state index in [-0.39, 0.29) is 0 Å². The molecule has 0 spiro atoms. The first kappa shape index (κ1) is 15.2. The lowest BCUT2D eigenvalue weighted by Gasteiger charge is -2.44. The highest BCUT2D eigenvalue weighted by Crippen LogP contribution is 2.50. The Morgan fingerprint density at radius 3 is 2.40 bits per heavy atom. The van der Waals surface area contributed by atoms with Gasteiger partial charge in [-0.25, -0.2) is 0 Å². The van der Waals surface area contributed by atoms with Gasteiger partial charge in [-0.2, -0.15) is 0 Å². The van der Waals surface area contributed by atoms with Crippen molar-refractivity contribution < 1.29 is 9.47 Å². The number of ether oxygens (including phenoxy) is 2. The molecule has 3 nitrogen and oxygen atoms in total. The summed E-state index contributed by atoms with van der Waals surface area (Å²) in [7, 11) is 3.38. The van der Waals surface area contributed by atoms with E-state index in [9.17, 15) is 0 Å². The highest BCUT2D eigenvalue weighted by molar-refractivity contribution is 5.45. The lowest BCUT2D eigenvalue weighted by Crippen LogP contribution is -2.36. The molecule has 1 aliphatic rings. The van der Waals surface area contributed by atoms with Crippen molar-refractivity contribution in [2.45, 2.75) is 44.4 Å². The van der Waals surface area contributed by atoms with Gasteiger partial charge in [-0.1, -0.05) is 19.4 Å². The van der Waals surface area contributed by atoms with Crippen LogP contribution in [0.25, 0.3) is 0 Å². The standard InChI is InChI=1S/C17H27NO2/c1-13(7-10-18)12-17(8-4-9-17)14-5-6-15(19-2)16(11-14)20-3/h5-6,11,13H,4,7-10,12,18H2,1-3H3. The molecule has 1 unspecified atom stereocenters. The second-order valence-corrected chi connectivity index (χ2v) is 6.09. The summed E-state index contributed by atoms with van der Waals surface area (Å²) in [5, 5.41) is 0. The van der Waals surface area contributed by atoms with Crippen molar-refractivity contribution in [3.63, 3.8) is 0 Å². The zero-order valence-electron chi connectivity index (χ0n) is 12.9. The summed E-state index contributed by atoms with van der Waals surface area (Å²) in [4.78, 5) is 0. The molecule has 1 aromatic carbocycles. The van der Waals surface area contributed by atoms with Crippen LogP contribution in [-0.4, -0.2) is 20.8 Å². The maximum atomic E-state index is 5.69. The molecule has 1 fully saturated rings. The van der Waals surface area contributed by atoms with Crippen LogP contribution in [0.3, 0.4) is 0 Å². The summed E-state index contributed by atoms with van der Waals surface area (Å²) in [5.74, 6) is 2.32. The zero-order valence-corrected chi connectivity index (χ0v) is 12.9.